The molecule has 11 nitrogen and oxygen atoms in total. The zero-order chi connectivity index (χ0) is 22.1. The van der Waals surface area contributed by atoms with Gasteiger partial charge in [0.2, 0.25) is 23.6 Å². The fourth-order valence-electron chi connectivity index (χ4n) is 2.96. The number of carbonyl (C=O) groups is 5. The molecule has 0 aliphatic carbocycles. The minimum Gasteiger partial charge on any atom is -0.480 e. The van der Waals surface area contributed by atoms with Crippen molar-refractivity contribution in [1.82, 2.24) is 21.3 Å². The lowest BCUT2D eigenvalue weighted by molar-refractivity contribution is -0.142. The van der Waals surface area contributed by atoms with Crippen LogP contribution in [0.3, 0.4) is 0 Å². The number of aliphatic carboxylic acids is 1. The highest BCUT2D eigenvalue weighted by Gasteiger charge is 2.30. The molecule has 29 heavy (non-hydrogen) atoms. The van der Waals surface area contributed by atoms with Gasteiger partial charge < -0.3 is 32.1 Å². The maximum absolute atomic E-state index is 12.5. The Morgan fingerprint density at radius 3 is 2.17 bits per heavy atom. The van der Waals surface area contributed by atoms with Gasteiger partial charge in [-0.25, -0.2) is 4.79 Å². The molecule has 0 radical (unpaired) electrons. The molecule has 11 heteroatoms. The molecule has 4 unspecified atom stereocenters. The molecule has 0 aromatic rings. The van der Waals surface area contributed by atoms with Crippen molar-refractivity contribution in [3.63, 3.8) is 0 Å². The van der Waals surface area contributed by atoms with E-state index in [2.05, 4.69) is 21.3 Å². The van der Waals surface area contributed by atoms with Gasteiger partial charge in [-0.1, -0.05) is 13.8 Å². The van der Waals surface area contributed by atoms with Gasteiger partial charge in [-0.05, 0) is 38.6 Å². The number of hydrogen-bond donors (Lipinski definition) is 6. The third kappa shape index (κ3) is 8.46. The lowest BCUT2D eigenvalue weighted by Crippen LogP contribution is -2.57. The summed E-state index contributed by atoms with van der Waals surface area (Å²) in [5, 5.41) is 19.4. The maximum Gasteiger partial charge on any atom is 0.326 e. The molecule has 1 rings (SSSR count). The van der Waals surface area contributed by atoms with E-state index >= 15 is 0 Å². The summed E-state index contributed by atoms with van der Waals surface area (Å²) in [5.41, 5.74) is 5.17. The molecule has 0 bridgehead atoms. The van der Waals surface area contributed by atoms with Gasteiger partial charge in [-0.3, -0.25) is 19.2 Å². The van der Waals surface area contributed by atoms with Crippen LogP contribution in [-0.4, -0.2) is 65.4 Å². The molecule has 0 saturated carbocycles. The predicted octanol–water partition coefficient (Wildman–Crippen LogP) is -1.78. The number of carboxylic acids is 1. The van der Waals surface area contributed by atoms with Crippen molar-refractivity contribution < 1.29 is 29.1 Å². The van der Waals surface area contributed by atoms with Crippen molar-refractivity contribution in [1.29, 1.82) is 0 Å². The van der Waals surface area contributed by atoms with E-state index in [1.807, 2.05) is 13.8 Å². The molecular weight excluding hydrogens is 382 g/mol. The summed E-state index contributed by atoms with van der Waals surface area (Å²) in [6.45, 7) is 5.71. The second kappa shape index (κ2) is 11.3. The van der Waals surface area contributed by atoms with Gasteiger partial charge in [0.05, 0.1) is 12.5 Å². The van der Waals surface area contributed by atoms with E-state index in [0.29, 0.717) is 13.0 Å². The SMILES string of the molecule is CC(C)CC(NC(=O)C(C)NC(=O)C(CC(N)=O)NC(=O)C1CCCN1)C(=O)O. The number of primary amides is 1. The first-order valence-corrected chi connectivity index (χ1v) is 9.66. The Morgan fingerprint density at radius 2 is 1.69 bits per heavy atom. The summed E-state index contributed by atoms with van der Waals surface area (Å²) in [5.74, 6) is -3.79. The normalized spacial score (nSPS) is 19.1. The average Bonchev–Trinajstić information content (AvgIpc) is 3.14. The molecule has 4 amide bonds. The number of rotatable bonds is 11. The Balaban J connectivity index is 2.70. The molecule has 4 atom stereocenters. The smallest absolute Gasteiger partial charge is 0.326 e. The molecule has 0 aromatic heterocycles. The fraction of sp³-hybridized carbons (Fsp3) is 0.722. The molecule has 164 valence electrons. The van der Waals surface area contributed by atoms with Crippen LogP contribution in [0.25, 0.3) is 0 Å². The second-order valence-electron chi connectivity index (χ2n) is 7.64. The predicted molar refractivity (Wildman–Crippen MR) is 103 cm³/mol. The van der Waals surface area contributed by atoms with Crippen LogP contribution in [0.5, 0.6) is 0 Å². The first-order chi connectivity index (χ1) is 13.5. The molecule has 1 saturated heterocycles. The third-order valence-corrected chi connectivity index (χ3v) is 4.49. The number of hydrogen-bond acceptors (Lipinski definition) is 6. The van der Waals surface area contributed by atoms with E-state index in [9.17, 15) is 29.1 Å². The zero-order valence-electron chi connectivity index (χ0n) is 17.0. The third-order valence-electron chi connectivity index (χ3n) is 4.49. The minimum atomic E-state index is -1.23. The van der Waals surface area contributed by atoms with E-state index < -0.39 is 60.2 Å². The Morgan fingerprint density at radius 1 is 1.03 bits per heavy atom. The lowest BCUT2D eigenvalue weighted by atomic mass is 10.0. The summed E-state index contributed by atoms with van der Waals surface area (Å²) in [6, 6.07) is -3.85. The van der Waals surface area contributed by atoms with Gasteiger partial charge in [0.1, 0.15) is 18.1 Å². The second-order valence-corrected chi connectivity index (χ2v) is 7.64. The zero-order valence-corrected chi connectivity index (χ0v) is 17.0. The van der Waals surface area contributed by atoms with Crippen molar-refractivity contribution >= 4 is 29.6 Å². The number of nitrogens with two attached hydrogens (primary N) is 1. The van der Waals surface area contributed by atoms with Gasteiger partial charge in [-0.15, -0.1) is 0 Å². The molecule has 7 N–H and O–H groups in total. The number of carboxylic acid groups (broad SMARTS) is 1. The van der Waals surface area contributed by atoms with Crippen molar-refractivity contribution in [2.75, 3.05) is 6.54 Å². The van der Waals surface area contributed by atoms with E-state index in [0.717, 1.165) is 6.42 Å². The van der Waals surface area contributed by atoms with Gasteiger partial charge in [0.25, 0.3) is 0 Å². The molecule has 0 aromatic carbocycles. The van der Waals surface area contributed by atoms with Crippen LogP contribution in [-0.2, 0) is 24.0 Å². The monoisotopic (exact) mass is 413 g/mol. The molecule has 1 aliphatic rings. The van der Waals surface area contributed by atoms with Crippen LogP contribution < -0.4 is 27.0 Å². The Hall–Kier alpha value is -2.69. The Kier molecular flexibility index (Phi) is 9.53. The summed E-state index contributed by atoms with van der Waals surface area (Å²) in [7, 11) is 0. The molecule has 1 fully saturated rings. The van der Waals surface area contributed by atoms with Crippen LogP contribution >= 0.6 is 0 Å². The van der Waals surface area contributed by atoms with Gasteiger partial charge in [0, 0.05) is 0 Å². The summed E-state index contributed by atoms with van der Waals surface area (Å²) < 4.78 is 0. The van der Waals surface area contributed by atoms with E-state index in [1.54, 1.807) is 0 Å². The highest BCUT2D eigenvalue weighted by molar-refractivity contribution is 5.96. The van der Waals surface area contributed by atoms with Crippen LogP contribution in [0.1, 0.15) is 46.5 Å². The van der Waals surface area contributed by atoms with Crippen molar-refractivity contribution in [3.8, 4) is 0 Å². The first-order valence-electron chi connectivity index (χ1n) is 9.66. The quantitative estimate of drug-likeness (QED) is 0.231. The Labute approximate surface area is 169 Å². The summed E-state index contributed by atoms with van der Waals surface area (Å²) >= 11 is 0. The molecular formula is C18H31N5O6. The van der Waals surface area contributed by atoms with Gasteiger partial charge >= 0.3 is 5.97 Å². The summed E-state index contributed by atoms with van der Waals surface area (Å²) in [6.07, 6.45) is 1.24. The first kappa shape index (κ1) is 24.3. The van der Waals surface area contributed by atoms with E-state index in [4.69, 9.17) is 5.73 Å². The van der Waals surface area contributed by atoms with Crippen LogP contribution in [0.2, 0.25) is 0 Å². The van der Waals surface area contributed by atoms with Crippen molar-refractivity contribution in [2.45, 2.75) is 70.6 Å². The highest BCUT2D eigenvalue weighted by atomic mass is 16.4. The van der Waals surface area contributed by atoms with Crippen LogP contribution in [0.4, 0.5) is 0 Å². The topological polar surface area (TPSA) is 180 Å². The number of carbonyl (C=O) groups excluding carboxylic acids is 4. The number of amides is 4. The lowest BCUT2D eigenvalue weighted by Gasteiger charge is -2.23. The van der Waals surface area contributed by atoms with Crippen LogP contribution in [0, 0.1) is 5.92 Å². The van der Waals surface area contributed by atoms with E-state index in [1.165, 1.54) is 6.92 Å². The van der Waals surface area contributed by atoms with Gasteiger partial charge in [-0.2, -0.15) is 0 Å². The fourth-order valence-corrected chi connectivity index (χ4v) is 2.96. The standard InChI is InChI=1S/C18H31N5O6/c1-9(2)7-13(18(28)29)23-15(25)10(3)21-17(27)12(8-14(19)24)22-16(26)11-5-4-6-20-11/h9-13,20H,4-8H2,1-3H3,(H2,19,24)(H,21,27)(H,22,26)(H,23,25)(H,28,29). The molecule has 1 heterocycles. The van der Waals surface area contributed by atoms with Gasteiger partial charge in [0.15, 0.2) is 0 Å². The minimum absolute atomic E-state index is 0.0423. The van der Waals surface area contributed by atoms with Crippen molar-refractivity contribution in [3.05, 3.63) is 0 Å². The van der Waals surface area contributed by atoms with Crippen LogP contribution in [0.15, 0.2) is 0 Å². The summed E-state index contributed by atoms with van der Waals surface area (Å²) in [4.78, 5) is 59.6. The van der Waals surface area contributed by atoms with E-state index in [-0.39, 0.29) is 12.3 Å². The highest BCUT2D eigenvalue weighted by Crippen LogP contribution is 2.07. The largest absolute Gasteiger partial charge is 0.480 e. The maximum atomic E-state index is 12.5. The average molecular weight is 413 g/mol. The Bertz CT molecular complexity index is 632. The van der Waals surface area contributed by atoms with Crippen molar-refractivity contribution in [2.24, 2.45) is 11.7 Å². The number of nitrogens with one attached hydrogen (secondary N) is 4. The molecule has 0 spiro atoms. The molecule has 1 aliphatic heterocycles.